The molecule has 200 valence electrons. The van der Waals surface area contributed by atoms with Gasteiger partial charge in [-0.1, -0.05) is 114 Å². The zero-order chi connectivity index (χ0) is 28.1. The van der Waals surface area contributed by atoms with Gasteiger partial charge in [-0.3, -0.25) is 0 Å². The van der Waals surface area contributed by atoms with Crippen molar-refractivity contribution in [1.82, 2.24) is 0 Å². The van der Waals surface area contributed by atoms with E-state index in [-0.39, 0.29) is 10.8 Å². The maximum atomic E-state index is 2.36. The predicted molar refractivity (Wildman–Crippen MR) is 177 cm³/mol. The van der Waals surface area contributed by atoms with Gasteiger partial charge in [-0.25, -0.2) is 0 Å². The minimum atomic E-state index is 0.118. The number of nitrogens with zero attached hydrogens (tertiary/aromatic N) is 1. The lowest BCUT2D eigenvalue weighted by Crippen LogP contribution is -2.14. The molecule has 0 aliphatic rings. The van der Waals surface area contributed by atoms with Gasteiger partial charge in [0.2, 0.25) is 0 Å². The van der Waals surface area contributed by atoms with E-state index in [1.807, 2.05) is 11.3 Å². The molecule has 1 nitrogen and oxygen atoms in total. The summed E-state index contributed by atoms with van der Waals surface area (Å²) in [5, 5.41) is 2.67. The molecule has 0 aliphatic heterocycles. The van der Waals surface area contributed by atoms with Crippen LogP contribution in [0.2, 0.25) is 0 Å². The first-order chi connectivity index (χ1) is 19.1. The largest absolute Gasteiger partial charge is 0.311 e. The number of fused-ring (bicyclic) bond motifs is 3. The van der Waals surface area contributed by atoms with Gasteiger partial charge in [0.15, 0.2) is 0 Å². The Labute approximate surface area is 242 Å². The van der Waals surface area contributed by atoms with Gasteiger partial charge in [0.25, 0.3) is 0 Å². The third kappa shape index (κ3) is 4.93. The third-order valence-electron chi connectivity index (χ3n) is 7.82. The Bertz CT molecular complexity index is 1720. The van der Waals surface area contributed by atoms with Crippen molar-refractivity contribution in [2.24, 2.45) is 0 Å². The number of hydrogen-bond acceptors (Lipinski definition) is 2. The molecule has 0 N–H and O–H groups in total. The summed E-state index contributed by atoms with van der Waals surface area (Å²) in [6.07, 6.45) is 0. The van der Waals surface area contributed by atoms with E-state index in [0.29, 0.717) is 0 Å². The van der Waals surface area contributed by atoms with E-state index in [0.717, 1.165) is 17.1 Å². The van der Waals surface area contributed by atoms with Gasteiger partial charge in [-0.05, 0) is 75.5 Å². The molecule has 6 rings (SSSR count). The molecule has 0 fully saturated rings. The average Bonchev–Trinajstić information content (AvgIpc) is 3.32. The monoisotopic (exact) mass is 539 g/mol. The summed E-state index contributed by atoms with van der Waals surface area (Å²) in [6.45, 7) is 13.6. The van der Waals surface area contributed by atoms with Crippen molar-refractivity contribution in [3.63, 3.8) is 0 Å². The summed E-state index contributed by atoms with van der Waals surface area (Å²) in [4.78, 5) is 2.36. The molecule has 0 bridgehead atoms. The highest BCUT2D eigenvalue weighted by Gasteiger charge is 2.19. The van der Waals surface area contributed by atoms with Crippen molar-refractivity contribution >= 4 is 48.6 Å². The Morgan fingerprint density at radius 3 is 1.48 bits per heavy atom. The fourth-order valence-corrected chi connectivity index (χ4v) is 6.67. The highest BCUT2D eigenvalue weighted by molar-refractivity contribution is 7.26. The molecule has 5 aromatic carbocycles. The normalized spacial score (nSPS) is 12.2. The number of benzene rings is 5. The SMILES string of the molecule is CC(C)(C)c1ccc(N(c2ccc(-c3cccc4c3sc3ccccc34)cc2)c2ccc(C(C)(C)C)cc2)cc1. The summed E-state index contributed by atoms with van der Waals surface area (Å²) in [6, 6.07) is 42.5. The van der Waals surface area contributed by atoms with Crippen LogP contribution in [0.5, 0.6) is 0 Å². The van der Waals surface area contributed by atoms with Crippen LogP contribution < -0.4 is 4.90 Å². The Balaban J connectivity index is 1.43. The van der Waals surface area contributed by atoms with Crippen LogP contribution >= 0.6 is 11.3 Å². The molecular weight excluding hydrogens is 502 g/mol. The van der Waals surface area contributed by atoms with Crippen molar-refractivity contribution in [3.05, 3.63) is 126 Å². The molecule has 0 aliphatic carbocycles. The van der Waals surface area contributed by atoms with Gasteiger partial charge in [0, 0.05) is 37.2 Å². The molecule has 0 saturated heterocycles. The van der Waals surface area contributed by atoms with Crippen molar-refractivity contribution in [3.8, 4) is 11.1 Å². The van der Waals surface area contributed by atoms with Crippen LogP contribution in [0.4, 0.5) is 17.1 Å². The lowest BCUT2D eigenvalue weighted by atomic mass is 9.86. The number of hydrogen-bond donors (Lipinski definition) is 0. The number of thiophene rings is 1. The topological polar surface area (TPSA) is 3.24 Å². The molecule has 0 radical (unpaired) electrons. The average molecular weight is 540 g/mol. The first-order valence-electron chi connectivity index (χ1n) is 14.1. The van der Waals surface area contributed by atoms with E-state index in [2.05, 4.69) is 162 Å². The van der Waals surface area contributed by atoms with Gasteiger partial charge in [0.05, 0.1) is 0 Å². The van der Waals surface area contributed by atoms with E-state index < -0.39 is 0 Å². The molecule has 0 unspecified atom stereocenters. The zero-order valence-electron chi connectivity index (χ0n) is 24.3. The second kappa shape index (κ2) is 9.94. The summed E-state index contributed by atoms with van der Waals surface area (Å²) in [5.41, 5.74) is 8.93. The van der Waals surface area contributed by atoms with E-state index in [9.17, 15) is 0 Å². The molecule has 1 aromatic heterocycles. The lowest BCUT2D eigenvalue weighted by Gasteiger charge is -2.28. The summed E-state index contributed by atoms with van der Waals surface area (Å²) in [7, 11) is 0. The molecule has 0 atom stereocenters. The van der Waals surface area contributed by atoms with Crippen molar-refractivity contribution < 1.29 is 0 Å². The van der Waals surface area contributed by atoms with Crippen LogP contribution in [0.1, 0.15) is 52.7 Å². The van der Waals surface area contributed by atoms with E-state index in [4.69, 9.17) is 0 Å². The number of rotatable bonds is 4. The van der Waals surface area contributed by atoms with E-state index in [1.54, 1.807) is 0 Å². The highest BCUT2D eigenvalue weighted by atomic mass is 32.1. The first kappa shape index (κ1) is 26.3. The second-order valence-electron chi connectivity index (χ2n) is 12.8. The van der Waals surface area contributed by atoms with Crippen molar-refractivity contribution in [1.29, 1.82) is 0 Å². The van der Waals surface area contributed by atoms with Gasteiger partial charge in [0.1, 0.15) is 0 Å². The predicted octanol–water partition coefficient (Wildman–Crippen LogP) is 11.8. The van der Waals surface area contributed by atoms with Crippen molar-refractivity contribution in [2.45, 2.75) is 52.4 Å². The smallest absolute Gasteiger partial charge is 0.0462 e. The molecule has 0 saturated carbocycles. The Morgan fingerprint density at radius 1 is 0.475 bits per heavy atom. The molecule has 1 heterocycles. The van der Waals surface area contributed by atoms with E-state index >= 15 is 0 Å². The third-order valence-corrected chi connectivity index (χ3v) is 9.04. The highest BCUT2D eigenvalue weighted by Crippen LogP contribution is 2.41. The Kier molecular flexibility index (Phi) is 6.55. The standard InChI is InChI=1S/C38H37NS/c1-37(2,3)27-16-22-30(23-17-27)39(31-24-18-28(19-25-31)38(4,5)6)29-20-14-26(15-21-29)32-11-9-12-34-33-10-7-8-13-35(33)40-36(32)34/h7-25H,1-6H3. The van der Waals surface area contributed by atoms with Crippen molar-refractivity contribution in [2.75, 3.05) is 4.90 Å². The quantitative estimate of drug-likeness (QED) is 0.215. The van der Waals surface area contributed by atoms with Crippen LogP contribution in [-0.2, 0) is 10.8 Å². The molecule has 40 heavy (non-hydrogen) atoms. The molecule has 6 aromatic rings. The zero-order valence-corrected chi connectivity index (χ0v) is 25.1. The molecule has 0 amide bonds. The second-order valence-corrected chi connectivity index (χ2v) is 13.8. The maximum Gasteiger partial charge on any atom is 0.0462 e. The molecule has 0 spiro atoms. The van der Waals surface area contributed by atoms with Gasteiger partial charge in [-0.2, -0.15) is 0 Å². The Hall–Kier alpha value is -3.88. The summed E-state index contributed by atoms with van der Waals surface area (Å²) < 4.78 is 2.69. The van der Waals surface area contributed by atoms with Crippen LogP contribution in [0.3, 0.4) is 0 Å². The van der Waals surface area contributed by atoms with Crippen LogP contribution in [0.25, 0.3) is 31.3 Å². The number of anilines is 3. The molecular formula is C38H37NS. The van der Waals surface area contributed by atoms with Crippen LogP contribution in [0.15, 0.2) is 115 Å². The lowest BCUT2D eigenvalue weighted by molar-refractivity contribution is 0.590. The Morgan fingerprint density at radius 2 is 0.950 bits per heavy atom. The van der Waals surface area contributed by atoms with Gasteiger partial charge in [-0.15, -0.1) is 11.3 Å². The van der Waals surface area contributed by atoms with E-state index in [1.165, 1.54) is 42.4 Å². The molecule has 2 heteroatoms. The van der Waals surface area contributed by atoms with Crippen LogP contribution in [0, 0.1) is 0 Å². The summed E-state index contributed by atoms with van der Waals surface area (Å²) >= 11 is 1.88. The van der Waals surface area contributed by atoms with Crippen LogP contribution in [-0.4, -0.2) is 0 Å². The minimum Gasteiger partial charge on any atom is -0.311 e. The minimum absolute atomic E-state index is 0.118. The first-order valence-corrected chi connectivity index (χ1v) is 14.9. The maximum absolute atomic E-state index is 2.36. The summed E-state index contributed by atoms with van der Waals surface area (Å²) in [5.74, 6) is 0. The van der Waals surface area contributed by atoms with Gasteiger partial charge >= 0.3 is 0 Å². The fraction of sp³-hybridized carbons (Fsp3) is 0.211. The van der Waals surface area contributed by atoms with Gasteiger partial charge < -0.3 is 4.90 Å². The fourth-order valence-electron chi connectivity index (χ4n) is 5.43.